The number of rotatable bonds is 6. The number of benzene rings is 2. The zero-order chi connectivity index (χ0) is 20.7. The van der Waals surface area contributed by atoms with E-state index in [1.807, 2.05) is 49.4 Å². The van der Waals surface area contributed by atoms with E-state index in [0.29, 0.717) is 12.5 Å². The molecule has 2 aromatic carbocycles. The molecule has 5 rings (SSSR count). The van der Waals surface area contributed by atoms with Crippen LogP contribution in [-0.4, -0.2) is 19.6 Å². The Hall–Kier alpha value is -3.54. The van der Waals surface area contributed by atoms with E-state index < -0.39 is 0 Å². The normalized spacial score (nSPS) is 13.5. The van der Waals surface area contributed by atoms with E-state index in [0.717, 1.165) is 33.8 Å². The second kappa shape index (κ2) is 7.37. The lowest BCUT2D eigenvalue weighted by Crippen LogP contribution is -2.40. The summed E-state index contributed by atoms with van der Waals surface area (Å²) in [5.74, 6) is 1.40. The van der Waals surface area contributed by atoms with Gasteiger partial charge in [0.25, 0.3) is 0 Å². The Morgan fingerprint density at radius 2 is 2.00 bits per heavy atom. The molecule has 4 aromatic rings. The average Bonchev–Trinajstić information content (AvgIpc) is 3.62. The number of nitrogens with one attached hydrogen (secondary N) is 1. The lowest BCUT2D eigenvalue weighted by Gasteiger charge is -2.20. The van der Waals surface area contributed by atoms with Crippen LogP contribution in [0.1, 0.15) is 35.4 Å². The molecule has 1 N–H and O–H groups in total. The van der Waals surface area contributed by atoms with Crippen LogP contribution in [0.25, 0.3) is 16.9 Å². The Morgan fingerprint density at radius 3 is 2.67 bits per heavy atom. The van der Waals surface area contributed by atoms with Gasteiger partial charge in [-0.05, 0) is 73.2 Å². The standard InChI is InChI=1S/C24H24N4O2/c1-16-14-18(21-7-3-4-13-25-21)11-12-23(16)30-15-20-19(17-9-10-17)6-5-8-22(20)28-24(29)27(2)26-28/h3-8,11-14,17,26H,9-10,15H2,1-2H3. The number of H-pyrrole nitrogens is 1. The molecule has 2 aromatic heterocycles. The molecular weight excluding hydrogens is 376 g/mol. The van der Waals surface area contributed by atoms with Gasteiger partial charge in [0.2, 0.25) is 0 Å². The van der Waals surface area contributed by atoms with Gasteiger partial charge in [-0.25, -0.2) is 14.7 Å². The highest BCUT2D eigenvalue weighted by Crippen LogP contribution is 2.43. The van der Waals surface area contributed by atoms with Crippen LogP contribution in [-0.2, 0) is 13.7 Å². The molecule has 0 radical (unpaired) electrons. The first-order chi connectivity index (χ1) is 14.6. The van der Waals surface area contributed by atoms with Crippen LogP contribution in [0.2, 0.25) is 0 Å². The van der Waals surface area contributed by atoms with Crippen molar-refractivity contribution in [3.8, 4) is 22.7 Å². The summed E-state index contributed by atoms with van der Waals surface area (Å²) in [5.41, 5.74) is 6.21. The van der Waals surface area contributed by atoms with Gasteiger partial charge in [0.1, 0.15) is 12.4 Å². The van der Waals surface area contributed by atoms with Crippen LogP contribution in [0.5, 0.6) is 5.75 Å². The average molecular weight is 400 g/mol. The largest absolute Gasteiger partial charge is 0.489 e. The smallest absolute Gasteiger partial charge is 0.364 e. The Balaban J connectivity index is 1.44. The van der Waals surface area contributed by atoms with E-state index in [9.17, 15) is 4.79 Å². The summed E-state index contributed by atoms with van der Waals surface area (Å²) in [6.45, 7) is 2.46. The topological polar surface area (TPSA) is 64.8 Å². The van der Waals surface area contributed by atoms with Crippen molar-refractivity contribution in [3.63, 3.8) is 0 Å². The van der Waals surface area contributed by atoms with Gasteiger partial charge in [-0.3, -0.25) is 4.98 Å². The fourth-order valence-electron chi connectivity index (χ4n) is 3.89. The predicted octanol–water partition coefficient (Wildman–Crippen LogP) is 4.33. The molecule has 6 nitrogen and oxygen atoms in total. The molecule has 0 bridgehead atoms. The van der Waals surface area contributed by atoms with Crippen LogP contribution < -0.4 is 10.4 Å². The maximum absolute atomic E-state index is 12.3. The monoisotopic (exact) mass is 400 g/mol. The molecule has 1 fully saturated rings. The number of ether oxygens (including phenoxy) is 1. The summed E-state index contributed by atoms with van der Waals surface area (Å²) >= 11 is 0. The van der Waals surface area contributed by atoms with Crippen molar-refractivity contribution in [1.29, 1.82) is 0 Å². The highest BCUT2D eigenvalue weighted by molar-refractivity contribution is 5.61. The fraction of sp³-hybridized carbons (Fsp3) is 0.250. The third-order valence-corrected chi connectivity index (χ3v) is 5.68. The minimum absolute atomic E-state index is 0.0694. The lowest BCUT2D eigenvalue weighted by molar-refractivity contribution is 0.301. The highest BCUT2D eigenvalue weighted by atomic mass is 16.5. The molecule has 6 heteroatoms. The molecule has 1 aliphatic carbocycles. The van der Waals surface area contributed by atoms with Crippen LogP contribution in [0.4, 0.5) is 0 Å². The first kappa shape index (κ1) is 18.5. The number of hydrogen-bond acceptors (Lipinski definition) is 3. The van der Waals surface area contributed by atoms with Gasteiger partial charge in [-0.15, -0.1) is 0 Å². The van der Waals surface area contributed by atoms with Gasteiger partial charge in [-0.2, -0.15) is 4.68 Å². The van der Waals surface area contributed by atoms with Gasteiger partial charge in [0.05, 0.1) is 11.4 Å². The summed E-state index contributed by atoms with van der Waals surface area (Å²) in [4.78, 5) is 16.7. The van der Waals surface area contributed by atoms with E-state index in [-0.39, 0.29) is 5.69 Å². The van der Waals surface area contributed by atoms with Crippen LogP contribution in [0.15, 0.2) is 65.6 Å². The summed E-state index contributed by atoms with van der Waals surface area (Å²) in [6, 6.07) is 18.2. The third-order valence-electron chi connectivity index (χ3n) is 5.68. The molecule has 0 saturated heterocycles. The van der Waals surface area contributed by atoms with Gasteiger partial charge < -0.3 is 4.74 Å². The SMILES string of the molecule is Cc1cc(-c2ccccn2)ccc1OCc1c(C2CC2)cccc1-n1[nH]n(C)c1=O. The molecule has 1 aliphatic rings. The van der Waals surface area contributed by atoms with Crippen molar-refractivity contribution in [1.82, 2.24) is 19.6 Å². The summed E-state index contributed by atoms with van der Waals surface area (Å²) in [6.07, 6.45) is 4.18. The maximum Gasteiger partial charge on any atom is 0.364 e. The van der Waals surface area contributed by atoms with Gasteiger partial charge in [0.15, 0.2) is 0 Å². The minimum atomic E-state index is -0.0694. The Kier molecular flexibility index (Phi) is 4.54. The number of aryl methyl sites for hydroxylation is 2. The van der Waals surface area contributed by atoms with Crippen LogP contribution >= 0.6 is 0 Å². The molecule has 0 amide bonds. The summed E-state index contributed by atoms with van der Waals surface area (Å²) in [7, 11) is 1.71. The molecule has 30 heavy (non-hydrogen) atoms. The van der Waals surface area contributed by atoms with Crippen molar-refractivity contribution in [2.75, 3.05) is 0 Å². The number of aromatic nitrogens is 4. The molecule has 0 spiro atoms. The molecule has 2 heterocycles. The molecular formula is C24H24N4O2. The van der Waals surface area contributed by atoms with E-state index in [1.165, 1.54) is 23.1 Å². The first-order valence-electron chi connectivity index (χ1n) is 10.2. The highest BCUT2D eigenvalue weighted by Gasteiger charge is 2.28. The molecule has 0 unspecified atom stereocenters. The summed E-state index contributed by atoms with van der Waals surface area (Å²) < 4.78 is 9.31. The van der Waals surface area contributed by atoms with Gasteiger partial charge in [-0.1, -0.05) is 18.2 Å². The predicted molar refractivity (Wildman–Crippen MR) is 116 cm³/mol. The Bertz CT molecular complexity index is 1250. The second-order valence-electron chi connectivity index (χ2n) is 7.88. The summed E-state index contributed by atoms with van der Waals surface area (Å²) in [5, 5.41) is 3.03. The Labute approximate surface area is 174 Å². The van der Waals surface area contributed by atoms with E-state index in [2.05, 4.69) is 22.3 Å². The van der Waals surface area contributed by atoms with E-state index >= 15 is 0 Å². The van der Waals surface area contributed by atoms with Gasteiger partial charge >= 0.3 is 5.69 Å². The van der Waals surface area contributed by atoms with Gasteiger partial charge in [0, 0.05) is 24.4 Å². The molecule has 0 atom stereocenters. The number of hydrogen-bond donors (Lipinski definition) is 1. The zero-order valence-electron chi connectivity index (χ0n) is 17.1. The molecule has 1 saturated carbocycles. The quantitative estimate of drug-likeness (QED) is 0.524. The molecule has 152 valence electrons. The van der Waals surface area contributed by atoms with Crippen molar-refractivity contribution < 1.29 is 4.74 Å². The number of pyridine rings is 1. The van der Waals surface area contributed by atoms with Crippen LogP contribution in [0.3, 0.4) is 0 Å². The third kappa shape index (κ3) is 3.34. The minimum Gasteiger partial charge on any atom is -0.489 e. The van der Waals surface area contributed by atoms with Crippen molar-refractivity contribution in [3.05, 3.63) is 88.0 Å². The lowest BCUT2D eigenvalue weighted by atomic mass is 10.0. The second-order valence-corrected chi connectivity index (χ2v) is 7.88. The maximum atomic E-state index is 12.3. The Morgan fingerprint density at radius 1 is 1.13 bits per heavy atom. The fourth-order valence-corrected chi connectivity index (χ4v) is 3.89. The van der Waals surface area contributed by atoms with E-state index in [4.69, 9.17) is 4.74 Å². The first-order valence-corrected chi connectivity index (χ1v) is 10.2. The number of nitrogens with zero attached hydrogens (tertiary/aromatic N) is 3. The van der Waals surface area contributed by atoms with Crippen molar-refractivity contribution >= 4 is 0 Å². The number of aromatic amines is 1. The zero-order valence-corrected chi connectivity index (χ0v) is 17.1. The van der Waals surface area contributed by atoms with E-state index in [1.54, 1.807) is 17.9 Å². The van der Waals surface area contributed by atoms with Crippen LogP contribution in [0, 0.1) is 6.92 Å². The molecule has 0 aliphatic heterocycles. The van der Waals surface area contributed by atoms with Crippen molar-refractivity contribution in [2.45, 2.75) is 32.3 Å². The van der Waals surface area contributed by atoms with Crippen molar-refractivity contribution in [2.24, 2.45) is 7.05 Å².